The van der Waals surface area contributed by atoms with Crippen molar-refractivity contribution in [1.82, 2.24) is 10.3 Å². The van der Waals surface area contributed by atoms with Crippen LogP contribution in [0.2, 0.25) is 0 Å². The molecule has 0 atom stereocenters. The Bertz CT molecular complexity index is 929. The van der Waals surface area contributed by atoms with E-state index in [2.05, 4.69) is 15.2 Å². The van der Waals surface area contributed by atoms with Crippen molar-refractivity contribution in [2.75, 3.05) is 13.2 Å². The van der Waals surface area contributed by atoms with Crippen molar-refractivity contribution >= 4 is 17.5 Å². The molecule has 1 aliphatic rings. The lowest BCUT2D eigenvalue weighted by atomic mass is 10.1. The summed E-state index contributed by atoms with van der Waals surface area (Å²) in [6.07, 6.45) is -3.65. The highest BCUT2D eigenvalue weighted by Gasteiger charge is 2.28. The molecule has 1 aliphatic heterocycles. The summed E-state index contributed by atoms with van der Waals surface area (Å²) in [7, 11) is 0. The molecular formula is C22H22F3N3O3. The van der Waals surface area contributed by atoms with Gasteiger partial charge in [-0.15, -0.1) is 0 Å². The highest BCUT2D eigenvalue weighted by atomic mass is 19.4. The standard InChI is InChI=1S/C22H22F3N3O3/c23-22(24,25)15-31-18-8-6-16(7-9-18)14-26-20(29)10-11-21(30)28-13-12-19(27-28)17-4-2-1-3-5-17/h1-9H,10-15H2,(H,26,29). The van der Waals surface area contributed by atoms with Gasteiger partial charge in [0, 0.05) is 25.8 Å². The second-order valence-corrected chi connectivity index (χ2v) is 7.00. The van der Waals surface area contributed by atoms with Crippen LogP contribution >= 0.6 is 0 Å². The minimum atomic E-state index is -4.40. The maximum Gasteiger partial charge on any atom is 0.422 e. The number of ether oxygens (including phenoxy) is 1. The summed E-state index contributed by atoms with van der Waals surface area (Å²) in [5.41, 5.74) is 2.53. The van der Waals surface area contributed by atoms with E-state index in [4.69, 9.17) is 0 Å². The van der Waals surface area contributed by atoms with Crippen LogP contribution in [0.1, 0.15) is 30.4 Å². The van der Waals surface area contributed by atoms with Crippen LogP contribution in [0.5, 0.6) is 5.75 Å². The van der Waals surface area contributed by atoms with Gasteiger partial charge in [-0.05, 0) is 23.3 Å². The molecule has 1 N–H and O–H groups in total. The first kappa shape index (κ1) is 22.3. The molecular weight excluding hydrogens is 411 g/mol. The van der Waals surface area contributed by atoms with Gasteiger partial charge in [0.15, 0.2) is 6.61 Å². The third kappa shape index (κ3) is 7.13. The highest BCUT2D eigenvalue weighted by Crippen LogP contribution is 2.19. The summed E-state index contributed by atoms with van der Waals surface area (Å²) in [4.78, 5) is 24.3. The van der Waals surface area contributed by atoms with E-state index in [1.54, 1.807) is 12.1 Å². The van der Waals surface area contributed by atoms with Gasteiger partial charge in [0.25, 0.3) is 0 Å². The maximum atomic E-state index is 12.3. The summed E-state index contributed by atoms with van der Waals surface area (Å²) in [5, 5.41) is 8.44. The molecule has 9 heteroatoms. The Morgan fingerprint density at radius 3 is 2.42 bits per heavy atom. The van der Waals surface area contributed by atoms with E-state index >= 15 is 0 Å². The van der Waals surface area contributed by atoms with E-state index in [9.17, 15) is 22.8 Å². The van der Waals surface area contributed by atoms with Gasteiger partial charge in [-0.2, -0.15) is 18.3 Å². The Hall–Kier alpha value is -3.36. The van der Waals surface area contributed by atoms with Crippen LogP contribution in [0.25, 0.3) is 0 Å². The van der Waals surface area contributed by atoms with Crippen molar-refractivity contribution in [3.05, 3.63) is 65.7 Å². The van der Waals surface area contributed by atoms with Gasteiger partial charge in [-0.1, -0.05) is 42.5 Å². The fourth-order valence-corrected chi connectivity index (χ4v) is 2.98. The van der Waals surface area contributed by atoms with Gasteiger partial charge in [-0.25, -0.2) is 5.01 Å². The Balaban J connectivity index is 1.39. The predicted octanol–water partition coefficient (Wildman–Crippen LogP) is 3.66. The summed E-state index contributed by atoms with van der Waals surface area (Å²) < 4.78 is 41.1. The number of benzene rings is 2. The highest BCUT2D eigenvalue weighted by molar-refractivity contribution is 6.02. The Kier molecular flexibility index (Phi) is 7.28. The molecule has 0 radical (unpaired) electrons. The first-order chi connectivity index (χ1) is 14.8. The van der Waals surface area contributed by atoms with E-state index in [0.29, 0.717) is 18.5 Å². The Labute approximate surface area is 177 Å². The molecule has 0 saturated heterocycles. The number of alkyl halides is 3. The number of hydrogen-bond acceptors (Lipinski definition) is 4. The smallest absolute Gasteiger partial charge is 0.422 e. The average Bonchev–Trinajstić information content (AvgIpc) is 3.26. The summed E-state index contributed by atoms with van der Waals surface area (Å²) >= 11 is 0. The number of nitrogens with zero attached hydrogens (tertiary/aromatic N) is 2. The van der Waals surface area contributed by atoms with E-state index in [-0.39, 0.29) is 37.0 Å². The number of hydrogen-bond donors (Lipinski definition) is 1. The summed E-state index contributed by atoms with van der Waals surface area (Å²) in [6, 6.07) is 15.6. The van der Waals surface area contributed by atoms with Crippen LogP contribution in [-0.2, 0) is 16.1 Å². The van der Waals surface area contributed by atoms with Crippen LogP contribution in [0, 0.1) is 0 Å². The molecule has 0 aliphatic carbocycles. The molecule has 0 fully saturated rings. The zero-order chi connectivity index (χ0) is 22.3. The molecule has 2 aromatic carbocycles. The zero-order valence-corrected chi connectivity index (χ0v) is 16.7. The number of hydrazone groups is 1. The minimum Gasteiger partial charge on any atom is -0.484 e. The van der Waals surface area contributed by atoms with Gasteiger partial charge in [0.2, 0.25) is 11.8 Å². The molecule has 0 aromatic heterocycles. The molecule has 0 bridgehead atoms. The SMILES string of the molecule is O=C(CCC(=O)N1CCC(c2ccccc2)=N1)NCc1ccc(OCC(F)(F)F)cc1. The molecule has 31 heavy (non-hydrogen) atoms. The number of rotatable bonds is 8. The quantitative estimate of drug-likeness (QED) is 0.691. The van der Waals surface area contributed by atoms with Gasteiger partial charge >= 0.3 is 6.18 Å². The van der Waals surface area contributed by atoms with E-state index in [0.717, 1.165) is 11.3 Å². The molecule has 0 unspecified atom stereocenters. The number of carbonyl (C=O) groups excluding carboxylic acids is 2. The van der Waals surface area contributed by atoms with Crippen molar-refractivity contribution in [2.45, 2.75) is 32.0 Å². The molecule has 1 heterocycles. The molecule has 0 spiro atoms. The van der Waals surface area contributed by atoms with Crippen LogP contribution < -0.4 is 10.1 Å². The van der Waals surface area contributed by atoms with Gasteiger partial charge in [-0.3, -0.25) is 9.59 Å². The lowest BCUT2D eigenvalue weighted by Gasteiger charge is -2.12. The normalized spacial score (nSPS) is 13.6. The maximum absolute atomic E-state index is 12.3. The third-order valence-corrected chi connectivity index (χ3v) is 4.58. The van der Waals surface area contributed by atoms with Crippen molar-refractivity contribution < 1.29 is 27.5 Å². The first-order valence-electron chi connectivity index (χ1n) is 9.78. The van der Waals surface area contributed by atoms with E-state index < -0.39 is 12.8 Å². The average molecular weight is 433 g/mol. The number of carbonyl (C=O) groups is 2. The lowest BCUT2D eigenvalue weighted by Crippen LogP contribution is -2.27. The van der Waals surface area contributed by atoms with E-state index in [1.807, 2.05) is 30.3 Å². The molecule has 2 aromatic rings. The van der Waals surface area contributed by atoms with Crippen LogP contribution in [-0.4, -0.2) is 41.9 Å². The Morgan fingerprint density at radius 2 is 1.74 bits per heavy atom. The van der Waals surface area contributed by atoms with Crippen LogP contribution in [0.4, 0.5) is 13.2 Å². The monoisotopic (exact) mass is 433 g/mol. The van der Waals surface area contributed by atoms with Crippen molar-refractivity contribution in [3.63, 3.8) is 0 Å². The second kappa shape index (κ2) is 10.1. The molecule has 3 rings (SSSR count). The second-order valence-electron chi connectivity index (χ2n) is 7.00. The third-order valence-electron chi connectivity index (χ3n) is 4.58. The largest absolute Gasteiger partial charge is 0.484 e. The zero-order valence-electron chi connectivity index (χ0n) is 16.7. The lowest BCUT2D eigenvalue weighted by molar-refractivity contribution is -0.153. The van der Waals surface area contributed by atoms with Gasteiger partial charge in [0.1, 0.15) is 5.75 Å². The fraction of sp³-hybridized carbons (Fsp3) is 0.318. The minimum absolute atomic E-state index is 0.0261. The van der Waals surface area contributed by atoms with Crippen LogP contribution in [0.15, 0.2) is 59.7 Å². The fourth-order valence-electron chi connectivity index (χ4n) is 2.98. The first-order valence-corrected chi connectivity index (χ1v) is 9.78. The van der Waals surface area contributed by atoms with Gasteiger partial charge < -0.3 is 10.1 Å². The summed E-state index contributed by atoms with van der Waals surface area (Å²) in [6.45, 7) is -0.662. The van der Waals surface area contributed by atoms with E-state index in [1.165, 1.54) is 17.1 Å². The molecule has 6 nitrogen and oxygen atoms in total. The molecule has 0 saturated carbocycles. The number of amides is 2. The van der Waals surface area contributed by atoms with Crippen LogP contribution in [0.3, 0.4) is 0 Å². The predicted molar refractivity (Wildman–Crippen MR) is 108 cm³/mol. The topological polar surface area (TPSA) is 71.0 Å². The molecule has 2 amide bonds. The van der Waals surface area contributed by atoms with Crippen molar-refractivity contribution in [2.24, 2.45) is 5.10 Å². The molecule has 164 valence electrons. The Morgan fingerprint density at radius 1 is 1.03 bits per heavy atom. The van der Waals surface area contributed by atoms with Crippen molar-refractivity contribution in [1.29, 1.82) is 0 Å². The van der Waals surface area contributed by atoms with Gasteiger partial charge in [0.05, 0.1) is 12.3 Å². The van der Waals surface area contributed by atoms with Crippen molar-refractivity contribution in [3.8, 4) is 5.75 Å². The number of halogens is 3. The number of nitrogens with one attached hydrogen (secondary N) is 1. The summed E-state index contributed by atoms with van der Waals surface area (Å²) in [5.74, 6) is -0.413.